The van der Waals surface area contributed by atoms with Crippen molar-refractivity contribution in [3.63, 3.8) is 0 Å². The van der Waals surface area contributed by atoms with Crippen LogP contribution < -0.4 is 15.4 Å². The van der Waals surface area contributed by atoms with E-state index in [-0.39, 0.29) is 11.4 Å². The molecule has 2 N–H and O–H groups in total. The van der Waals surface area contributed by atoms with E-state index in [1.54, 1.807) is 7.11 Å². The summed E-state index contributed by atoms with van der Waals surface area (Å²) in [7, 11) is 1.69. The Balaban J connectivity index is 1.62. The highest BCUT2D eigenvalue weighted by atomic mass is 16.5. The average Bonchev–Trinajstić information content (AvgIpc) is 2.77. The molecule has 31 heavy (non-hydrogen) atoms. The summed E-state index contributed by atoms with van der Waals surface area (Å²) in [5.74, 6) is 0.855. The second-order valence-electron chi connectivity index (χ2n) is 8.38. The summed E-state index contributed by atoms with van der Waals surface area (Å²) in [6, 6.07) is 24.1. The number of carbonyl (C=O) groups is 1. The van der Waals surface area contributed by atoms with Crippen LogP contribution >= 0.6 is 0 Å². The lowest BCUT2D eigenvalue weighted by molar-refractivity contribution is -0.120. The molecule has 158 valence electrons. The van der Waals surface area contributed by atoms with Gasteiger partial charge in [0.2, 0.25) is 5.91 Å². The number of rotatable bonds is 6. The number of carbonyl (C=O) groups excluding carboxylic acids is 1. The second kappa shape index (κ2) is 8.68. The molecule has 0 saturated heterocycles. The fourth-order valence-electron chi connectivity index (χ4n) is 4.10. The molecule has 0 bridgehead atoms. The minimum atomic E-state index is -0.245. The summed E-state index contributed by atoms with van der Waals surface area (Å²) in [6.07, 6.45) is 2.58. The van der Waals surface area contributed by atoms with Gasteiger partial charge in [0.25, 0.3) is 0 Å². The van der Waals surface area contributed by atoms with E-state index in [1.165, 1.54) is 0 Å². The third-order valence-electron chi connectivity index (χ3n) is 5.47. The van der Waals surface area contributed by atoms with E-state index < -0.39 is 0 Å². The molecular formula is C27H28N2O2. The maximum absolute atomic E-state index is 12.5. The average molecular weight is 413 g/mol. The highest BCUT2D eigenvalue weighted by molar-refractivity contribution is 5.93. The van der Waals surface area contributed by atoms with Gasteiger partial charge in [0, 0.05) is 23.2 Å². The number of hydrogen-bond donors (Lipinski definition) is 2. The molecule has 3 aromatic rings. The zero-order valence-electron chi connectivity index (χ0n) is 18.2. The largest absolute Gasteiger partial charge is 0.496 e. The standard InChI is InChI=1S/C27H28N2O2/c1-27(2)17-20(18-28-25(30)16-19-10-5-4-6-11-19)21-13-9-14-23(26(21)29-27)22-12-7-8-15-24(22)31-3/h4-15,17,29H,16,18H2,1-3H3,(H,28,30). The molecule has 3 aromatic carbocycles. The van der Waals surface area contributed by atoms with Crippen LogP contribution in [-0.4, -0.2) is 25.1 Å². The molecule has 1 heterocycles. The van der Waals surface area contributed by atoms with Gasteiger partial charge in [0.15, 0.2) is 0 Å². The summed E-state index contributed by atoms with van der Waals surface area (Å²) < 4.78 is 5.61. The third-order valence-corrected chi connectivity index (χ3v) is 5.47. The smallest absolute Gasteiger partial charge is 0.224 e. The van der Waals surface area contributed by atoms with Crippen LogP contribution in [0.1, 0.15) is 25.0 Å². The molecular weight excluding hydrogens is 384 g/mol. The van der Waals surface area contributed by atoms with Gasteiger partial charge in [-0.05, 0) is 31.1 Å². The van der Waals surface area contributed by atoms with Crippen molar-refractivity contribution in [2.45, 2.75) is 25.8 Å². The first-order valence-electron chi connectivity index (χ1n) is 10.5. The summed E-state index contributed by atoms with van der Waals surface area (Å²) in [5.41, 5.74) is 6.17. The number of para-hydroxylation sites is 2. The maximum Gasteiger partial charge on any atom is 0.224 e. The first kappa shape index (κ1) is 20.7. The predicted octanol–water partition coefficient (Wildman–Crippen LogP) is 5.31. The van der Waals surface area contributed by atoms with Crippen LogP contribution in [-0.2, 0) is 11.2 Å². The second-order valence-corrected chi connectivity index (χ2v) is 8.38. The molecule has 0 spiro atoms. The Kier molecular flexibility index (Phi) is 5.81. The Morgan fingerprint density at radius 1 is 0.903 bits per heavy atom. The molecule has 1 aliphatic heterocycles. The topological polar surface area (TPSA) is 50.4 Å². The normalized spacial score (nSPS) is 14.1. The molecule has 4 nitrogen and oxygen atoms in total. The van der Waals surface area contributed by atoms with Gasteiger partial charge < -0.3 is 15.4 Å². The van der Waals surface area contributed by atoms with Gasteiger partial charge in [-0.3, -0.25) is 4.79 Å². The van der Waals surface area contributed by atoms with Gasteiger partial charge >= 0.3 is 0 Å². The molecule has 1 amide bonds. The number of benzene rings is 3. The van der Waals surface area contributed by atoms with Crippen LogP contribution in [0.25, 0.3) is 16.7 Å². The summed E-state index contributed by atoms with van der Waals surface area (Å²) in [4.78, 5) is 12.5. The van der Waals surface area contributed by atoms with Crippen molar-refractivity contribution in [3.8, 4) is 16.9 Å². The number of ether oxygens (including phenoxy) is 1. The van der Waals surface area contributed by atoms with Crippen LogP contribution in [0.3, 0.4) is 0 Å². The van der Waals surface area contributed by atoms with Gasteiger partial charge in [-0.15, -0.1) is 0 Å². The number of fused-ring (bicyclic) bond motifs is 1. The fourth-order valence-corrected chi connectivity index (χ4v) is 4.10. The van der Waals surface area contributed by atoms with Crippen LogP contribution in [0.2, 0.25) is 0 Å². The van der Waals surface area contributed by atoms with E-state index in [0.717, 1.165) is 39.3 Å². The lowest BCUT2D eigenvalue weighted by atomic mass is 9.87. The summed E-state index contributed by atoms with van der Waals surface area (Å²) in [6.45, 7) is 4.76. The molecule has 0 aliphatic carbocycles. The Hall–Kier alpha value is -3.53. The van der Waals surface area contributed by atoms with Crippen molar-refractivity contribution in [3.05, 3.63) is 90.0 Å². The lowest BCUT2D eigenvalue weighted by Gasteiger charge is -2.34. The van der Waals surface area contributed by atoms with Crippen molar-refractivity contribution < 1.29 is 9.53 Å². The monoisotopic (exact) mass is 412 g/mol. The van der Waals surface area contributed by atoms with E-state index >= 15 is 0 Å². The fraction of sp³-hybridized carbons (Fsp3) is 0.222. The molecule has 0 radical (unpaired) electrons. The Morgan fingerprint density at radius 3 is 2.35 bits per heavy atom. The van der Waals surface area contributed by atoms with Crippen LogP contribution in [0.5, 0.6) is 5.75 Å². The molecule has 0 aromatic heterocycles. The van der Waals surface area contributed by atoms with Crippen molar-refractivity contribution in [2.75, 3.05) is 19.0 Å². The number of anilines is 1. The van der Waals surface area contributed by atoms with Crippen LogP contribution in [0.4, 0.5) is 5.69 Å². The van der Waals surface area contributed by atoms with E-state index in [2.05, 4.69) is 54.8 Å². The molecule has 4 rings (SSSR count). The quantitative estimate of drug-likeness (QED) is 0.577. The molecule has 1 aliphatic rings. The summed E-state index contributed by atoms with van der Waals surface area (Å²) in [5, 5.41) is 6.77. The number of methoxy groups -OCH3 is 1. The van der Waals surface area contributed by atoms with Crippen molar-refractivity contribution in [1.29, 1.82) is 0 Å². The number of nitrogens with one attached hydrogen (secondary N) is 2. The van der Waals surface area contributed by atoms with Crippen molar-refractivity contribution in [1.82, 2.24) is 5.32 Å². The van der Waals surface area contributed by atoms with Crippen molar-refractivity contribution >= 4 is 17.2 Å². The van der Waals surface area contributed by atoms with Gasteiger partial charge in [-0.1, -0.05) is 72.8 Å². The third kappa shape index (κ3) is 4.64. The molecule has 0 saturated carbocycles. The zero-order valence-corrected chi connectivity index (χ0v) is 18.2. The first-order chi connectivity index (χ1) is 15.0. The molecule has 0 unspecified atom stereocenters. The highest BCUT2D eigenvalue weighted by Crippen LogP contribution is 2.42. The zero-order chi connectivity index (χ0) is 21.8. The van der Waals surface area contributed by atoms with Gasteiger partial charge in [0.1, 0.15) is 5.75 Å². The highest BCUT2D eigenvalue weighted by Gasteiger charge is 2.27. The van der Waals surface area contributed by atoms with Crippen molar-refractivity contribution in [2.24, 2.45) is 0 Å². The van der Waals surface area contributed by atoms with Gasteiger partial charge in [-0.25, -0.2) is 0 Å². The number of amides is 1. The minimum absolute atomic E-state index is 0.0193. The first-order valence-corrected chi connectivity index (χ1v) is 10.5. The van der Waals surface area contributed by atoms with Gasteiger partial charge in [0.05, 0.1) is 24.8 Å². The number of hydrogen-bond acceptors (Lipinski definition) is 3. The minimum Gasteiger partial charge on any atom is -0.496 e. The Morgan fingerprint density at radius 2 is 1.58 bits per heavy atom. The van der Waals surface area contributed by atoms with E-state index in [0.29, 0.717) is 13.0 Å². The molecule has 4 heteroatoms. The SMILES string of the molecule is COc1ccccc1-c1cccc2c1NC(C)(C)C=C2CNC(=O)Cc1ccccc1. The van der Waals surface area contributed by atoms with Crippen LogP contribution in [0.15, 0.2) is 78.9 Å². The molecule has 0 fully saturated rings. The Labute approximate surface area is 184 Å². The van der Waals surface area contributed by atoms with E-state index in [9.17, 15) is 4.79 Å². The van der Waals surface area contributed by atoms with Crippen LogP contribution in [0, 0.1) is 0 Å². The predicted molar refractivity (Wildman–Crippen MR) is 127 cm³/mol. The van der Waals surface area contributed by atoms with Gasteiger partial charge in [-0.2, -0.15) is 0 Å². The maximum atomic E-state index is 12.5. The Bertz CT molecular complexity index is 1120. The van der Waals surface area contributed by atoms with E-state index in [1.807, 2.05) is 48.5 Å². The lowest BCUT2D eigenvalue weighted by Crippen LogP contribution is -2.35. The van der Waals surface area contributed by atoms with E-state index in [4.69, 9.17) is 4.74 Å². The summed E-state index contributed by atoms with van der Waals surface area (Å²) >= 11 is 0. The molecule has 0 atom stereocenters.